The van der Waals surface area contributed by atoms with Gasteiger partial charge in [0.15, 0.2) is 0 Å². The van der Waals surface area contributed by atoms with E-state index in [2.05, 4.69) is 25.1 Å². The predicted octanol–water partition coefficient (Wildman–Crippen LogP) is 3.88. The minimum Gasteiger partial charge on any atom is -0.496 e. The van der Waals surface area contributed by atoms with Gasteiger partial charge in [0.1, 0.15) is 5.75 Å². The Labute approximate surface area is 112 Å². The lowest BCUT2D eigenvalue weighted by Gasteiger charge is -2.09. The Kier molecular flexibility index (Phi) is 4.15. The first kappa shape index (κ1) is 12.8. The van der Waals surface area contributed by atoms with Crippen LogP contribution < -0.4 is 10.5 Å². The van der Waals surface area contributed by atoms with Gasteiger partial charge in [0.2, 0.25) is 0 Å². The second kappa shape index (κ2) is 5.83. The van der Waals surface area contributed by atoms with E-state index in [1.165, 1.54) is 16.0 Å². The zero-order valence-corrected chi connectivity index (χ0v) is 11.5. The van der Waals surface area contributed by atoms with E-state index in [0.717, 1.165) is 17.2 Å². The summed E-state index contributed by atoms with van der Waals surface area (Å²) in [4.78, 5) is 1.18. The summed E-state index contributed by atoms with van der Waals surface area (Å²) < 4.78 is 5.37. The number of anilines is 1. The van der Waals surface area contributed by atoms with E-state index in [1.54, 1.807) is 18.9 Å². The largest absolute Gasteiger partial charge is 0.496 e. The molecular weight excluding hydrogens is 242 g/mol. The molecule has 2 N–H and O–H groups in total. The Hall–Kier alpha value is -1.61. The normalized spacial score (nSPS) is 10.3. The monoisotopic (exact) mass is 259 g/mol. The zero-order chi connectivity index (χ0) is 13.0. The maximum atomic E-state index is 5.77. The van der Waals surface area contributed by atoms with E-state index in [4.69, 9.17) is 10.5 Å². The highest BCUT2D eigenvalue weighted by Crippen LogP contribution is 2.29. The summed E-state index contributed by atoms with van der Waals surface area (Å²) in [5.74, 6) is 1.82. The van der Waals surface area contributed by atoms with Crippen molar-refractivity contribution in [2.45, 2.75) is 17.6 Å². The summed E-state index contributed by atoms with van der Waals surface area (Å²) in [5.41, 5.74) is 9.03. The van der Waals surface area contributed by atoms with Gasteiger partial charge in [-0.3, -0.25) is 0 Å². The quantitative estimate of drug-likeness (QED) is 0.668. The summed E-state index contributed by atoms with van der Waals surface area (Å²) in [5, 5.41) is 0. The standard InChI is InChI=1S/C15H17NOS/c1-11-6-7-15(17-2)12(8-11)10-18-14-5-3-4-13(16)9-14/h3-9H,10,16H2,1-2H3. The van der Waals surface area contributed by atoms with Crippen molar-refractivity contribution >= 4 is 17.4 Å². The van der Waals surface area contributed by atoms with Gasteiger partial charge in [-0.25, -0.2) is 0 Å². The summed E-state index contributed by atoms with van der Waals surface area (Å²) in [6.07, 6.45) is 0. The number of nitrogens with two attached hydrogens (primary N) is 1. The highest BCUT2D eigenvalue weighted by molar-refractivity contribution is 7.98. The minimum atomic E-state index is 0.802. The molecule has 0 heterocycles. The van der Waals surface area contributed by atoms with E-state index in [1.807, 2.05) is 24.3 Å². The Bertz CT molecular complexity index is 540. The Morgan fingerprint density at radius 1 is 1.17 bits per heavy atom. The lowest BCUT2D eigenvalue weighted by molar-refractivity contribution is 0.411. The molecule has 0 aliphatic carbocycles. The molecule has 0 aliphatic rings. The fourth-order valence-corrected chi connectivity index (χ4v) is 2.73. The number of methoxy groups -OCH3 is 1. The number of thioether (sulfide) groups is 1. The second-order valence-corrected chi connectivity index (χ2v) is 5.23. The minimum absolute atomic E-state index is 0.802. The summed E-state index contributed by atoms with van der Waals surface area (Å²) in [6, 6.07) is 14.2. The van der Waals surface area contributed by atoms with Gasteiger partial charge < -0.3 is 10.5 Å². The fourth-order valence-electron chi connectivity index (χ4n) is 1.79. The van der Waals surface area contributed by atoms with Gasteiger partial charge in [-0.2, -0.15) is 0 Å². The molecule has 0 bridgehead atoms. The molecular formula is C15H17NOS. The Morgan fingerprint density at radius 3 is 2.72 bits per heavy atom. The van der Waals surface area contributed by atoms with Gasteiger partial charge in [-0.1, -0.05) is 23.8 Å². The Morgan fingerprint density at radius 2 is 2.00 bits per heavy atom. The number of nitrogen functional groups attached to an aromatic ring is 1. The number of hydrogen-bond acceptors (Lipinski definition) is 3. The highest BCUT2D eigenvalue weighted by atomic mass is 32.2. The third-order valence-corrected chi connectivity index (χ3v) is 3.73. The van der Waals surface area contributed by atoms with Crippen LogP contribution in [0.5, 0.6) is 5.75 Å². The van der Waals surface area contributed by atoms with Crippen LogP contribution in [0.2, 0.25) is 0 Å². The van der Waals surface area contributed by atoms with Crippen molar-refractivity contribution in [3.63, 3.8) is 0 Å². The molecule has 0 saturated heterocycles. The number of ether oxygens (including phenoxy) is 1. The van der Waals surface area contributed by atoms with E-state index in [0.29, 0.717) is 0 Å². The molecule has 0 fully saturated rings. The van der Waals surface area contributed by atoms with E-state index in [-0.39, 0.29) is 0 Å². The molecule has 2 aromatic rings. The molecule has 94 valence electrons. The zero-order valence-electron chi connectivity index (χ0n) is 10.6. The smallest absolute Gasteiger partial charge is 0.122 e. The maximum absolute atomic E-state index is 5.77. The van der Waals surface area contributed by atoms with Crippen molar-refractivity contribution in [3.05, 3.63) is 53.6 Å². The van der Waals surface area contributed by atoms with Crippen molar-refractivity contribution < 1.29 is 4.74 Å². The molecule has 0 aliphatic heterocycles. The highest BCUT2D eigenvalue weighted by Gasteiger charge is 2.04. The van der Waals surface area contributed by atoms with Gasteiger partial charge in [0, 0.05) is 21.9 Å². The van der Waals surface area contributed by atoms with Crippen molar-refractivity contribution in [1.29, 1.82) is 0 Å². The second-order valence-electron chi connectivity index (χ2n) is 4.18. The molecule has 18 heavy (non-hydrogen) atoms. The third-order valence-electron chi connectivity index (χ3n) is 2.69. The van der Waals surface area contributed by atoms with Crippen LogP contribution in [-0.2, 0) is 5.75 Å². The summed E-state index contributed by atoms with van der Waals surface area (Å²) >= 11 is 1.77. The van der Waals surface area contributed by atoms with Crippen LogP contribution in [0.4, 0.5) is 5.69 Å². The SMILES string of the molecule is COc1ccc(C)cc1CSc1cccc(N)c1. The predicted molar refractivity (Wildman–Crippen MR) is 78.1 cm³/mol. The van der Waals surface area contributed by atoms with E-state index < -0.39 is 0 Å². The molecule has 0 unspecified atom stereocenters. The molecule has 0 aromatic heterocycles. The third kappa shape index (κ3) is 3.20. The first-order valence-electron chi connectivity index (χ1n) is 5.81. The van der Waals surface area contributed by atoms with Crippen molar-refractivity contribution in [2.24, 2.45) is 0 Å². The lowest BCUT2D eigenvalue weighted by atomic mass is 10.1. The summed E-state index contributed by atoms with van der Waals surface area (Å²) in [6.45, 7) is 2.09. The van der Waals surface area contributed by atoms with Gasteiger partial charge in [0.05, 0.1) is 7.11 Å². The van der Waals surface area contributed by atoms with Crippen LogP contribution >= 0.6 is 11.8 Å². The average molecular weight is 259 g/mol. The van der Waals surface area contributed by atoms with Crippen LogP contribution in [-0.4, -0.2) is 7.11 Å². The Balaban J connectivity index is 2.12. The van der Waals surface area contributed by atoms with Crippen LogP contribution in [0.3, 0.4) is 0 Å². The number of benzene rings is 2. The van der Waals surface area contributed by atoms with Crippen molar-refractivity contribution in [2.75, 3.05) is 12.8 Å². The number of rotatable bonds is 4. The van der Waals surface area contributed by atoms with Gasteiger partial charge in [0.25, 0.3) is 0 Å². The molecule has 0 amide bonds. The molecule has 3 heteroatoms. The maximum Gasteiger partial charge on any atom is 0.122 e. The van der Waals surface area contributed by atoms with Crippen LogP contribution in [0, 0.1) is 6.92 Å². The van der Waals surface area contributed by atoms with Crippen molar-refractivity contribution in [1.82, 2.24) is 0 Å². The van der Waals surface area contributed by atoms with Gasteiger partial charge in [-0.15, -0.1) is 11.8 Å². The van der Waals surface area contributed by atoms with E-state index >= 15 is 0 Å². The molecule has 0 atom stereocenters. The molecule has 0 radical (unpaired) electrons. The topological polar surface area (TPSA) is 35.2 Å². The first-order valence-corrected chi connectivity index (χ1v) is 6.79. The first-order chi connectivity index (χ1) is 8.69. The average Bonchev–Trinajstić information content (AvgIpc) is 2.37. The molecule has 0 saturated carbocycles. The lowest BCUT2D eigenvalue weighted by Crippen LogP contribution is -1.91. The number of aryl methyl sites for hydroxylation is 1. The van der Waals surface area contributed by atoms with Crippen LogP contribution in [0.15, 0.2) is 47.4 Å². The fraction of sp³-hybridized carbons (Fsp3) is 0.200. The molecule has 2 rings (SSSR count). The summed E-state index contributed by atoms with van der Waals surface area (Å²) in [7, 11) is 1.71. The number of hydrogen-bond donors (Lipinski definition) is 1. The molecule has 0 spiro atoms. The van der Waals surface area contributed by atoms with Crippen LogP contribution in [0.1, 0.15) is 11.1 Å². The van der Waals surface area contributed by atoms with Crippen LogP contribution in [0.25, 0.3) is 0 Å². The van der Waals surface area contributed by atoms with Gasteiger partial charge >= 0.3 is 0 Å². The van der Waals surface area contributed by atoms with Crippen molar-refractivity contribution in [3.8, 4) is 5.75 Å². The van der Waals surface area contributed by atoms with Gasteiger partial charge in [-0.05, 0) is 31.2 Å². The van der Waals surface area contributed by atoms with E-state index in [9.17, 15) is 0 Å². The molecule has 2 nitrogen and oxygen atoms in total. The molecule has 2 aromatic carbocycles.